The van der Waals surface area contributed by atoms with Crippen LogP contribution in [-0.2, 0) is 0 Å². The molecule has 0 radical (unpaired) electrons. The zero-order valence-electron chi connectivity index (χ0n) is 11.8. The molecule has 110 valence electrons. The molecule has 6 nitrogen and oxygen atoms in total. The molecule has 1 fully saturated rings. The summed E-state index contributed by atoms with van der Waals surface area (Å²) in [6.07, 6.45) is 4.88. The van der Waals surface area contributed by atoms with Crippen molar-refractivity contribution < 1.29 is 10.0 Å². The summed E-state index contributed by atoms with van der Waals surface area (Å²) >= 11 is 0. The van der Waals surface area contributed by atoms with E-state index in [-0.39, 0.29) is 10.6 Å². The second kappa shape index (κ2) is 4.96. The highest BCUT2D eigenvalue weighted by Gasteiger charge is 2.29. The number of anilines is 1. The fourth-order valence-corrected chi connectivity index (χ4v) is 3.02. The lowest BCUT2D eigenvalue weighted by Gasteiger charge is -2.38. The molecule has 1 aliphatic rings. The lowest BCUT2D eigenvalue weighted by atomic mass is 9.94. The predicted octanol–water partition coefficient (Wildman–Crippen LogP) is 2.49. The van der Waals surface area contributed by atoms with Gasteiger partial charge in [-0.1, -0.05) is 0 Å². The number of fused-ring (bicyclic) bond motifs is 1. The van der Waals surface area contributed by atoms with Crippen LogP contribution in [0.5, 0.6) is 0 Å². The third kappa shape index (κ3) is 2.54. The van der Waals surface area contributed by atoms with Crippen LogP contribution in [0.25, 0.3) is 10.8 Å². The van der Waals surface area contributed by atoms with Crippen molar-refractivity contribution in [3.05, 3.63) is 40.7 Å². The number of non-ortho nitro benzene ring substituents is 1. The molecule has 21 heavy (non-hydrogen) atoms. The number of piperidine rings is 1. The molecule has 1 aliphatic heterocycles. The number of pyridine rings is 1. The number of hydrogen-bond acceptors (Lipinski definition) is 5. The van der Waals surface area contributed by atoms with Crippen LogP contribution in [0.1, 0.15) is 19.8 Å². The van der Waals surface area contributed by atoms with E-state index in [1.807, 2.05) is 6.92 Å². The molecular weight excluding hydrogens is 270 g/mol. The fourth-order valence-electron chi connectivity index (χ4n) is 3.02. The first kappa shape index (κ1) is 13.8. The number of nitrogens with zero attached hydrogens (tertiary/aromatic N) is 3. The van der Waals surface area contributed by atoms with Gasteiger partial charge in [-0.2, -0.15) is 0 Å². The first-order valence-corrected chi connectivity index (χ1v) is 6.96. The average molecular weight is 287 g/mol. The molecule has 0 aliphatic carbocycles. The first-order valence-electron chi connectivity index (χ1n) is 6.96. The topological polar surface area (TPSA) is 79.5 Å². The number of aliphatic hydroxyl groups is 1. The van der Waals surface area contributed by atoms with Crippen molar-refractivity contribution in [2.24, 2.45) is 0 Å². The Balaban J connectivity index is 2.12. The van der Waals surface area contributed by atoms with Gasteiger partial charge in [-0.15, -0.1) is 0 Å². The Labute approximate surface area is 122 Å². The van der Waals surface area contributed by atoms with Gasteiger partial charge in [0.05, 0.1) is 15.9 Å². The minimum absolute atomic E-state index is 0.0833. The molecular formula is C15H17N3O3. The molecule has 6 heteroatoms. The Hall–Kier alpha value is -2.21. The number of benzene rings is 1. The molecule has 0 spiro atoms. The highest BCUT2D eigenvalue weighted by molar-refractivity contribution is 5.99. The second-order valence-electron chi connectivity index (χ2n) is 5.80. The summed E-state index contributed by atoms with van der Waals surface area (Å²) in [4.78, 5) is 16.9. The van der Waals surface area contributed by atoms with Gasteiger partial charge in [0.1, 0.15) is 0 Å². The first-order chi connectivity index (χ1) is 9.98. The number of hydrogen-bond donors (Lipinski definition) is 1. The van der Waals surface area contributed by atoms with E-state index in [0.717, 1.165) is 30.5 Å². The Morgan fingerprint density at radius 1 is 1.38 bits per heavy atom. The molecule has 2 heterocycles. The van der Waals surface area contributed by atoms with Crippen molar-refractivity contribution in [1.82, 2.24) is 4.98 Å². The molecule has 1 atom stereocenters. The summed E-state index contributed by atoms with van der Waals surface area (Å²) in [6.45, 7) is 3.18. The maximum Gasteiger partial charge on any atom is 0.277 e. The zero-order chi connectivity index (χ0) is 15.0. The van der Waals surface area contributed by atoms with Crippen LogP contribution >= 0.6 is 0 Å². The summed E-state index contributed by atoms with van der Waals surface area (Å²) in [5, 5.41) is 22.7. The third-order valence-electron chi connectivity index (χ3n) is 3.98. The van der Waals surface area contributed by atoms with Crippen LogP contribution in [0, 0.1) is 10.1 Å². The number of nitro groups is 1. The van der Waals surface area contributed by atoms with E-state index in [1.54, 1.807) is 24.5 Å². The molecule has 1 aromatic heterocycles. The highest BCUT2D eigenvalue weighted by atomic mass is 16.6. The van der Waals surface area contributed by atoms with Gasteiger partial charge >= 0.3 is 0 Å². The molecule has 2 aromatic rings. The van der Waals surface area contributed by atoms with Crippen LogP contribution in [0.4, 0.5) is 11.4 Å². The number of β-amino-alcohol motifs (C(OH)–C–C–N with tert-alkyl or cyclic N) is 1. The molecule has 0 saturated carbocycles. The summed E-state index contributed by atoms with van der Waals surface area (Å²) in [7, 11) is 0. The van der Waals surface area contributed by atoms with Crippen LogP contribution < -0.4 is 4.90 Å². The normalized spacial score (nSPS) is 22.5. The number of rotatable bonds is 2. The Morgan fingerprint density at radius 3 is 2.90 bits per heavy atom. The SMILES string of the molecule is CC1(O)CCCN(c2ccc([N+](=O)[O-])c3ccncc23)C1. The maximum atomic E-state index is 11.1. The molecule has 3 rings (SSSR count). The highest BCUT2D eigenvalue weighted by Crippen LogP contribution is 2.35. The van der Waals surface area contributed by atoms with Crippen molar-refractivity contribution in [2.45, 2.75) is 25.4 Å². The summed E-state index contributed by atoms with van der Waals surface area (Å²) < 4.78 is 0. The van der Waals surface area contributed by atoms with Gasteiger partial charge in [0, 0.05) is 42.6 Å². The van der Waals surface area contributed by atoms with Gasteiger partial charge in [0.2, 0.25) is 0 Å². The smallest absolute Gasteiger partial charge is 0.277 e. The van der Waals surface area contributed by atoms with Crippen LogP contribution in [0.3, 0.4) is 0 Å². The van der Waals surface area contributed by atoms with Gasteiger partial charge < -0.3 is 10.0 Å². The number of nitro benzene ring substituents is 1. The molecule has 1 aromatic carbocycles. The summed E-state index contributed by atoms with van der Waals surface area (Å²) in [5.74, 6) is 0. The van der Waals surface area contributed by atoms with Crippen LogP contribution in [0.2, 0.25) is 0 Å². The van der Waals surface area contributed by atoms with E-state index in [0.29, 0.717) is 11.9 Å². The van der Waals surface area contributed by atoms with Crippen LogP contribution in [0.15, 0.2) is 30.6 Å². The van der Waals surface area contributed by atoms with Gasteiger partial charge in [-0.25, -0.2) is 0 Å². The van der Waals surface area contributed by atoms with Gasteiger partial charge in [-0.05, 0) is 31.9 Å². The Bertz CT molecular complexity index is 700. The molecule has 0 bridgehead atoms. The quantitative estimate of drug-likeness (QED) is 0.678. The van der Waals surface area contributed by atoms with E-state index in [9.17, 15) is 15.2 Å². The maximum absolute atomic E-state index is 11.1. The predicted molar refractivity (Wildman–Crippen MR) is 80.5 cm³/mol. The van der Waals surface area contributed by atoms with Crippen molar-refractivity contribution in [3.63, 3.8) is 0 Å². The van der Waals surface area contributed by atoms with Crippen molar-refractivity contribution in [1.29, 1.82) is 0 Å². The van der Waals surface area contributed by atoms with E-state index >= 15 is 0 Å². The number of aromatic nitrogens is 1. The molecule has 1 N–H and O–H groups in total. The largest absolute Gasteiger partial charge is 0.388 e. The van der Waals surface area contributed by atoms with Crippen LogP contribution in [-0.4, -0.2) is 33.7 Å². The minimum atomic E-state index is -0.728. The molecule has 0 amide bonds. The standard InChI is InChI=1S/C15H17N3O3/c1-15(19)6-2-8-17(10-15)13-3-4-14(18(20)21)11-5-7-16-9-12(11)13/h3-5,7,9,19H,2,6,8,10H2,1H3. The molecule has 1 unspecified atom stereocenters. The van der Waals surface area contributed by atoms with Crippen molar-refractivity contribution in [2.75, 3.05) is 18.0 Å². The lowest BCUT2D eigenvalue weighted by molar-refractivity contribution is -0.383. The van der Waals surface area contributed by atoms with E-state index in [2.05, 4.69) is 9.88 Å². The van der Waals surface area contributed by atoms with E-state index in [4.69, 9.17) is 0 Å². The Kier molecular flexibility index (Phi) is 3.25. The average Bonchev–Trinajstić information content (AvgIpc) is 2.44. The zero-order valence-corrected chi connectivity index (χ0v) is 11.8. The Morgan fingerprint density at radius 2 is 2.19 bits per heavy atom. The van der Waals surface area contributed by atoms with Crippen molar-refractivity contribution >= 4 is 22.1 Å². The van der Waals surface area contributed by atoms with E-state index < -0.39 is 5.60 Å². The van der Waals surface area contributed by atoms with E-state index in [1.165, 1.54) is 6.07 Å². The van der Waals surface area contributed by atoms with Gasteiger partial charge in [0.25, 0.3) is 5.69 Å². The second-order valence-corrected chi connectivity index (χ2v) is 5.80. The van der Waals surface area contributed by atoms with Crippen molar-refractivity contribution in [3.8, 4) is 0 Å². The fraction of sp³-hybridized carbons (Fsp3) is 0.400. The van der Waals surface area contributed by atoms with Gasteiger partial charge in [-0.3, -0.25) is 15.1 Å². The summed E-state index contributed by atoms with van der Waals surface area (Å²) in [5.41, 5.74) is 0.248. The third-order valence-corrected chi connectivity index (χ3v) is 3.98. The minimum Gasteiger partial charge on any atom is -0.388 e. The monoisotopic (exact) mass is 287 g/mol. The summed E-state index contributed by atoms with van der Waals surface area (Å²) in [6, 6.07) is 4.95. The lowest BCUT2D eigenvalue weighted by Crippen LogP contribution is -2.46. The molecule has 1 saturated heterocycles. The van der Waals surface area contributed by atoms with Gasteiger partial charge in [0.15, 0.2) is 0 Å².